The third-order valence-electron chi connectivity index (χ3n) is 5.36. The maximum Gasteiger partial charge on any atom is 1.00 e. The molecule has 42 heavy (non-hydrogen) atoms. The average molecular weight is 627 g/mol. The second-order valence-electron chi connectivity index (χ2n) is 17.0. The minimum atomic E-state index is -1.78. The first-order valence-corrected chi connectivity index (χ1v) is 28.6. The zero-order valence-corrected chi connectivity index (χ0v) is 35.3. The summed E-state index contributed by atoms with van der Waals surface area (Å²) in [6, 6.07) is 8.83. The van der Waals surface area contributed by atoms with Crippen molar-refractivity contribution < 1.29 is 37.7 Å². The van der Waals surface area contributed by atoms with E-state index in [-0.39, 0.29) is 48.6 Å². The van der Waals surface area contributed by atoms with Crippen LogP contribution in [-0.2, 0) is 0 Å². The Bertz CT molecular complexity index is 1060. The van der Waals surface area contributed by atoms with Gasteiger partial charge in [-0.3, -0.25) is 0 Å². The molecule has 1 aromatic rings. The van der Waals surface area contributed by atoms with Gasteiger partial charge in [0.25, 0.3) is 0 Å². The first-order chi connectivity index (χ1) is 17.6. The predicted octanol–water partition coefficient (Wildman–Crippen LogP) is 5.22. The zero-order valence-electron chi connectivity index (χ0n) is 31.3. The molecule has 0 saturated heterocycles. The molecule has 0 fully saturated rings. The van der Waals surface area contributed by atoms with E-state index in [2.05, 4.69) is 157 Å². The third kappa shape index (κ3) is 17.9. The van der Waals surface area contributed by atoms with Gasteiger partial charge in [0.05, 0.1) is 11.4 Å². The van der Waals surface area contributed by atoms with Crippen LogP contribution in [0.3, 0.4) is 0 Å². The minimum Gasteiger partial charge on any atom is -0.690 e. The summed E-state index contributed by atoms with van der Waals surface area (Å²) in [6.45, 7) is 41.1. The molecule has 0 heterocycles. The summed E-state index contributed by atoms with van der Waals surface area (Å²) in [7, 11) is -6.93. The largest absolute Gasteiger partial charge is 1.00 e. The SMILES string of the molecule is CC(C)(C)/C(=C\C(=N\[Si](C)(C)C)c1cccc(C(/C=C(/[N-][Si](C)(C)C)C(C)(C)C)=N\[Si](C)(C)C)c1)[N-][Si](C)(C)C.[Li+].[Li+]. The molecule has 0 amide bonds. The quantitative estimate of drug-likeness (QED) is 0.253. The van der Waals surface area contributed by atoms with E-state index >= 15 is 0 Å². The Kier molecular flexibility index (Phi) is 16.5. The second-order valence-corrected chi connectivity index (χ2v) is 35.3. The van der Waals surface area contributed by atoms with Crippen molar-refractivity contribution >= 4 is 44.4 Å². The summed E-state index contributed by atoms with van der Waals surface area (Å²) in [5.41, 5.74) is 6.46. The summed E-state index contributed by atoms with van der Waals surface area (Å²) >= 11 is 0. The Hall–Kier alpha value is -0.298. The van der Waals surface area contributed by atoms with Gasteiger partial charge in [-0.2, -0.15) is 11.4 Å². The van der Waals surface area contributed by atoms with E-state index in [1.807, 2.05) is 0 Å². The topological polar surface area (TPSA) is 52.9 Å². The van der Waals surface area contributed by atoms with Crippen LogP contribution in [0.15, 0.2) is 57.1 Å². The molecule has 226 valence electrons. The first-order valence-electron chi connectivity index (χ1n) is 14.8. The van der Waals surface area contributed by atoms with Gasteiger partial charge >= 0.3 is 37.7 Å². The van der Waals surface area contributed by atoms with Crippen molar-refractivity contribution in [1.82, 2.24) is 0 Å². The Morgan fingerprint density at radius 3 is 1.07 bits per heavy atom. The zero-order chi connectivity index (χ0) is 31.5. The van der Waals surface area contributed by atoms with Crippen LogP contribution in [0.25, 0.3) is 9.96 Å². The molecular weight excluding hydrogens is 567 g/mol. The molecule has 0 radical (unpaired) electrons. The van der Waals surface area contributed by atoms with Crippen molar-refractivity contribution in [3.05, 3.63) is 68.9 Å². The van der Waals surface area contributed by atoms with Crippen molar-refractivity contribution in [1.29, 1.82) is 0 Å². The fourth-order valence-electron chi connectivity index (χ4n) is 3.74. The molecule has 0 N–H and O–H groups in total. The molecule has 0 saturated carbocycles. The van der Waals surface area contributed by atoms with Crippen LogP contribution in [0.4, 0.5) is 0 Å². The Morgan fingerprint density at radius 1 is 0.571 bits per heavy atom. The van der Waals surface area contributed by atoms with E-state index in [1.54, 1.807) is 0 Å². The van der Waals surface area contributed by atoms with Gasteiger partial charge in [-0.05, 0) is 83.8 Å². The smallest absolute Gasteiger partial charge is 0.690 e. The molecule has 0 aromatic heterocycles. The van der Waals surface area contributed by atoms with Gasteiger partial charge in [0, 0.05) is 0 Å². The van der Waals surface area contributed by atoms with Gasteiger partial charge in [0.15, 0.2) is 16.5 Å². The van der Waals surface area contributed by atoms with Crippen LogP contribution < -0.4 is 37.7 Å². The summed E-state index contributed by atoms with van der Waals surface area (Å²) in [4.78, 5) is 10.6. The van der Waals surface area contributed by atoms with Crippen molar-refractivity contribution in [3.8, 4) is 0 Å². The van der Waals surface area contributed by atoms with E-state index < -0.39 is 32.9 Å². The van der Waals surface area contributed by atoms with Gasteiger partial charge in [0.2, 0.25) is 0 Å². The fraction of sp³-hybridized carbons (Fsp3) is 0.625. The van der Waals surface area contributed by atoms with Crippen LogP contribution >= 0.6 is 0 Å². The van der Waals surface area contributed by atoms with Gasteiger partial charge < -0.3 is 19.3 Å². The molecule has 1 rings (SSSR count). The number of allylic oxidation sites excluding steroid dienone is 4. The Morgan fingerprint density at radius 2 is 0.857 bits per heavy atom. The Labute approximate surface area is 289 Å². The second kappa shape index (κ2) is 15.8. The molecule has 0 aliphatic heterocycles. The molecule has 0 aliphatic carbocycles. The predicted molar refractivity (Wildman–Crippen MR) is 195 cm³/mol. The monoisotopic (exact) mass is 626 g/mol. The van der Waals surface area contributed by atoms with Gasteiger partial charge in [-0.15, -0.1) is 0 Å². The molecule has 0 unspecified atom stereocenters. The molecule has 0 bridgehead atoms. The summed E-state index contributed by atoms with van der Waals surface area (Å²) < 4.78 is 10.7. The molecule has 4 nitrogen and oxygen atoms in total. The normalized spacial score (nSPS) is 15.1. The van der Waals surface area contributed by atoms with Crippen molar-refractivity contribution in [2.24, 2.45) is 20.1 Å². The van der Waals surface area contributed by atoms with Crippen LogP contribution in [0, 0.1) is 10.8 Å². The summed E-state index contributed by atoms with van der Waals surface area (Å²) in [6.07, 6.45) is 4.53. The standard InChI is InChI=1S/C32H60N4Si4.2Li/c1-31(2,3)29(35-39(13,14)15)23-27(33-37(7,8)9)25-20-19-21-26(22-25)28(34-38(10,11)12)24-30(32(4,5)6)36-40(16,17)18;;/h19-24H,1-18H3;;/q-2;2*+1/b29-23+,30-24+,33-27-,34-28-;;. The van der Waals surface area contributed by atoms with E-state index in [0.717, 1.165) is 33.9 Å². The number of benzene rings is 1. The van der Waals surface area contributed by atoms with Crippen molar-refractivity contribution in [2.75, 3.05) is 0 Å². The van der Waals surface area contributed by atoms with Crippen LogP contribution in [0.5, 0.6) is 0 Å². The average Bonchev–Trinajstić information content (AvgIpc) is 2.66. The van der Waals surface area contributed by atoms with E-state index in [9.17, 15) is 0 Å². The van der Waals surface area contributed by atoms with Gasteiger partial charge in [-0.1, -0.05) is 111 Å². The van der Waals surface area contributed by atoms with E-state index in [1.165, 1.54) is 0 Å². The molecule has 10 heteroatoms. The summed E-state index contributed by atoms with van der Waals surface area (Å²) in [5, 5.41) is 0. The van der Waals surface area contributed by atoms with Crippen LogP contribution in [-0.4, -0.2) is 44.4 Å². The number of nitrogens with zero attached hydrogens (tertiary/aromatic N) is 4. The van der Waals surface area contributed by atoms with Crippen molar-refractivity contribution in [2.45, 2.75) is 120 Å². The number of hydrogen-bond donors (Lipinski definition) is 0. The number of hydrogen-bond acceptors (Lipinski definition) is 2. The molecule has 0 spiro atoms. The fourth-order valence-corrected chi connectivity index (χ4v) is 7.81. The van der Waals surface area contributed by atoms with E-state index in [0.29, 0.717) is 0 Å². The first kappa shape index (κ1) is 43.8. The molecule has 0 aliphatic rings. The van der Waals surface area contributed by atoms with Crippen molar-refractivity contribution in [3.63, 3.8) is 0 Å². The van der Waals surface area contributed by atoms with E-state index in [4.69, 9.17) is 19.3 Å². The minimum absolute atomic E-state index is 0. The summed E-state index contributed by atoms with van der Waals surface area (Å²) in [5.74, 6) is 0. The third-order valence-corrected chi connectivity index (χ3v) is 9.01. The van der Waals surface area contributed by atoms with Crippen LogP contribution in [0.1, 0.15) is 52.7 Å². The van der Waals surface area contributed by atoms with Crippen LogP contribution in [0.2, 0.25) is 78.6 Å². The molecule has 0 atom stereocenters. The Balaban J connectivity index is 0. The maximum atomic E-state index is 5.36. The molecule has 1 aromatic carbocycles. The van der Waals surface area contributed by atoms with Gasteiger partial charge in [0.1, 0.15) is 0 Å². The van der Waals surface area contributed by atoms with Gasteiger partial charge in [-0.25, -0.2) is 0 Å². The molecular formula is C32H60Li2N4Si4. The number of rotatable bonds is 10. The maximum absolute atomic E-state index is 5.36.